The highest BCUT2D eigenvalue weighted by molar-refractivity contribution is 5.97. The number of non-ortho nitro benzene ring substituents is 1. The van der Waals surface area contributed by atoms with Gasteiger partial charge in [-0.2, -0.15) is 0 Å². The fourth-order valence-corrected chi connectivity index (χ4v) is 6.58. The van der Waals surface area contributed by atoms with E-state index in [1.807, 2.05) is 50.2 Å². The highest BCUT2D eigenvalue weighted by Crippen LogP contribution is 2.44. The number of fused-ring (bicyclic) bond motifs is 3. The molecule has 1 aliphatic carbocycles. The summed E-state index contributed by atoms with van der Waals surface area (Å²) in [6, 6.07) is 27.1. The average Bonchev–Trinajstić information content (AvgIpc) is 3.50. The molecule has 0 fully saturated rings. The number of anilines is 1. The van der Waals surface area contributed by atoms with E-state index < -0.39 is 28.9 Å². The number of Topliss-reactive ketones (excluding diaryl/α,β-unsaturated/α-hetero) is 1. The van der Waals surface area contributed by atoms with Crippen molar-refractivity contribution in [2.75, 3.05) is 18.5 Å². The third-order valence-electron chi connectivity index (χ3n) is 9.48. The van der Waals surface area contributed by atoms with Crippen LogP contribution in [0.3, 0.4) is 0 Å². The van der Waals surface area contributed by atoms with Gasteiger partial charge in [0.1, 0.15) is 13.2 Å². The second-order valence-electron chi connectivity index (χ2n) is 13.6. The van der Waals surface area contributed by atoms with E-state index in [1.165, 1.54) is 24.3 Å². The second kappa shape index (κ2) is 18.7. The number of nitrogens with zero attached hydrogens (tertiary/aromatic N) is 1. The summed E-state index contributed by atoms with van der Waals surface area (Å²) in [4.78, 5) is 63.1. The van der Waals surface area contributed by atoms with Crippen molar-refractivity contribution in [3.05, 3.63) is 129 Å². The van der Waals surface area contributed by atoms with E-state index in [9.17, 15) is 29.3 Å². The Morgan fingerprint density at radius 1 is 0.833 bits per heavy atom. The monoisotopic (exact) mass is 735 g/mol. The van der Waals surface area contributed by atoms with Gasteiger partial charge in [0, 0.05) is 42.6 Å². The minimum atomic E-state index is -0.866. The number of carbonyl (C=O) groups is 4. The molecule has 0 radical (unpaired) electrons. The van der Waals surface area contributed by atoms with E-state index in [1.54, 1.807) is 24.3 Å². The SMILES string of the molecule is CC(C)[C@H](NC(=O)OCC1c2ccccc2-c2ccccc21)C(=O)C[C@@H](CCCCNN)C(=O)Nc1ccc(COC(=O)c2ccc([N+](=O)[O-])cc2)cc1. The molecule has 0 aromatic heterocycles. The molecule has 0 unspecified atom stereocenters. The Labute approximate surface area is 313 Å². The van der Waals surface area contributed by atoms with Crippen LogP contribution in [-0.4, -0.2) is 47.9 Å². The molecule has 0 aliphatic heterocycles. The van der Waals surface area contributed by atoms with Gasteiger partial charge in [-0.3, -0.25) is 31.0 Å². The van der Waals surface area contributed by atoms with E-state index in [-0.39, 0.29) is 54.4 Å². The van der Waals surface area contributed by atoms with Crippen LogP contribution in [0, 0.1) is 22.0 Å². The van der Waals surface area contributed by atoms with Gasteiger partial charge in [0.05, 0.1) is 16.5 Å². The van der Waals surface area contributed by atoms with Gasteiger partial charge < -0.3 is 20.1 Å². The summed E-state index contributed by atoms with van der Waals surface area (Å²) >= 11 is 0. The molecule has 13 nitrogen and oxygen atoms in total. The van der Waals surface area contributed by atoms with Crippen LogP contribution in [0.5, 0.6) is 0 Å². The van der Waals surface area contributed by atoms with Crippen molar-refractivity contribution in [2.45, 2.75) is 58.1 Å². The molecule has 13 heteroatoms. The van der Waals surface area contributed by atoms with Crippen molar-refractivity contribution in [2.24, 2.45) is 17.7 Å². The lowest BCUT2D eigenvalue weighted by Crippen LogP contribution is -2.46. The van der Waals surface area contributed by atoms with Gasteiger partial charge in [0.2, 0.25) is 5.91 Å². The van der Waals surface area contributed by atoms with Crippen LogP contribution in [0.2, 0.25) is 0 Å². The fourth-order valence-electron chi connectivity index (χ4n) is 6.58. The maximum Gasteiger partial charge on any atom is 0.407 e. The summed E-state index contributed by atoms with van der Waals surface area (Å²) in [5, 5.41) is 16.5. The second-order valence-corrected chi connectivity index (χ2v) is 13.6. The Morgan fingerprint density at radius 3 is 2.06 bits per heavy atom. The van der Waals surface area contributed by atoms with Crippen molar-refractivity contribution in [1.29, 1.82) is 0 Å². The molecule has 4 aromatic rings. The molecule has 2 amide bonds. The fraction of sp³-hybridized carbons (Fsp3) is 0.317. The largest absolute Gasteiger partial charge is 0.457 e. The maximum absolute atomic E-state index is 13.7. The molecule has 2 atom stereocenters. The van der Waals surface area contributed by atoms with E-state index in [4.69, 9.17) is 15.3 Å². The minimum absolute atomic E-state index is 0.0520. The number of ketones is 1. The number of hydrogen-bond acceptors (Lipinski definition) is 10. The van der Waals surface area contributed by atoms with Crippen LogP contribution >= 0.6 is 0 Å². The summed E-state index contributed by atoms with van der Waals surface area (Å²) in [5.41, 5.74) is 8.19. The molecule has 4 aromatic carbocycles. The lowest BCUT2D eigenvalue weighted by Gasteiger charge is -2.24. The first kappa shape index (κ1) is 39.3. The number of esters is 1. The molecule has 0 saturated carbocycles. The first-order valence-electron chi connectivity index (χ1n) is 17.9. The number of alkyl carbamates (subject to hydrolysis) is 1. The van der Waals surface area contributed by atoms with Gasteiger partial charge in [-0.1, -0.05) is 80.9 Å². The highest BCUT2D eigenvalue weighted by atomic mass is 16.6. The number of carbonyl (C=O) groups excluding carboxylic acids is 4. The third kappa shape index (κ3) is 10.1. The van der Waals surface area contributed by atoms with Crippen LogP contribution < -0.4 is 21.9 Å². The zero-order valence-electron chi connectivity index (χ0n) is 30.3. The predicted molar refractivity (Wildman–Crippen MR) is 203 cm³/mol. The van der Waals surface area contributed by atoms with E-state index >= 15 is 0 Å². The Kier molecular flexibility index (Phi) is 13.6. The van der Waals surface area contributed by atoms with Gasteiger partial charge in [-0.25, -0.2) is 9.59 Å². The van der Waals surface area contributed by atoms with Crippen molar-refractivity contribution in [3.63, 3.8) is 0 Å². The van der Waals surface area contributed by atoms with Crippen LogP contribution in [-0.2, 0) is 25.7 Å². The Hall–Kier alpha value is -5.92. The van der Waals surface area contributed by atoms with Gasteiger partial charge >= 0.3 is 12.1 Å². The first-order chi connectivity index (χ1) is 26.0. The smallest absolute Gasteiger partial charge is 0.407 e. The summed E-state index contributed by atoms with van der Waals surface area (Å²) < 4.78 is 11.1. The van der Waals surface area contributed by atoms with Crippen molar-refractivity contribution < 1.29 is 33.6 Å². The van der Waals surface area contributed by atoms with E-state index in [0.29, 0.717) is 37.1 Å². The molecule has 5 rings (SSSR count). The number of nitrogens with one attached hydrogen (secondary N) is 3. The summed E-state index contributed by atoms with van der Waals surface area (Å²) in [6.07, 6.45) is 0.975. The quantitative estimate of drug-likeness (QED) is 0.0282. The molecule has 1 aliphatic rings. The van der Waals surface area contributed by atoms with Gasteiger partial charge in [0.25, 0.3) is 5.69 Å². The van der Waals surface area contributed by atoms with E-state index in [2.05, 4.69) is 28.2 Å². The Morgan fingerprint density at radius 2 is 1.46 bits per heavy atom. The van der Waals surface area contributed by atoms with Gasteiger partial charge in [-0.15, -0.1) is 0 Å². The lowest BCUT2D eigenvalue weighted by atomic mass is 9.89. The molecule has 282 valence electrons. The molecule has 0 heterocycles. The average molecular weight is 736 g/mol. The zero-order chi connectivity index (χ0) is 38.6. The molecular weight excluding hydrogens is 690 g/mol. The lowest BCUT2D eigenvalue weighted by molar-refractivity contribution is -0.384. The Balaban J connectivity index is 1.17. The minimum Gasteiger partial charge on any atom is -0.457 e. The molecule has 5 N–H and O–H groups in total. The van der Waals surface area contributed by atoms with Crippen LogP contribution in [0.4, 0.5) is 16.2 Å². The van der Waals surface area contributed by atoms with Crippen LogP contribution in [0.15, 0.2) is 97.1 Å². The molecule has 0 spiro atoms. The molecular formula is C41H45N5O8. The summed E-state index contributed by atoms with van der Waals surface area (Å²) in [7, 11) is 0. The molecule has 0 bridgehead atoms. The predicted octanol–water partition coefficient (Wildman–Crippen LogP) is 6.66. The number of ether oxygens (including phenoxy) is 2. The molecule has 0 saturated heterocycles. The van der Waals surface area contributed by atoms with Crippen molar-refractivity contribution in [3.8, 4) is 11.1 Å². The topological polar surface area (TPSA) is 192 Å². The van der Waals surface area contributed by atoms with Crippen LogP contribution in [0.25, 0.3) is 11.1 Å². The number of nitrogens with two attached hydrogens (primary N) is 1. The Bertz CT molecular complexity index is 1900. The number of rotatable bonds is 18. The summed E-state index contributed by atoms with van der Waals surface area (Å²) in [5.74, 6) is 3.11. The number of unbranched alkanes of at least 4 members (excludes halogenated alkanes) is 1. The number of nitro benzene ring substituents is 1. The normalized spacial score (nSPS) is 13.0. The number of nitro groups is 1. The first-order valence-corrected chi connectivity index (χ1v) is 17.9. The number of hydrogen-bond donors (Lipinski definition) is 4. The molecule has 54 heavy (non-hydrogen) atoms. The van der Waals surface area contributed by atoms with Crippen molar-refractivity contribution >= 4 is 35.1 Å². The van der Waals surface area contributed by atoms with Crippen molar-refractivity contribution in [1.82, 2.24) is 10.7 Å². The number of benzene rings is 4. The summed E-state index contributed by atoms with van der Waals surface area (Å²) in [6.45, 7) is 4.28. The number of hydrazine groups is 1. The number of amides is 2. The maximum atomic E-state index is 13.7. The standard InChI is InChI=1S/C41H45N5O8/c1-26(2)38(45-41(50)54-25-36-34-12-5-3-10-32(34)33-11-4-6-13-35(33)36)37(47)23-29(9-7-8-22-43-42)39(48)44-30-18-14-27(15-19-30)24-53-40(49)28-16-20-31(21-17-28)46(51)52/h3-6,10-21,26,29,36,38,43H,7-9,22-25,42H2,1-2H3,(H,44,48)(H,45,50)/t29-,38+/m1/s1. The van der Waals surface area contributed by atoms with Gasteiger partial charge in [-0.05, 0) is 70.8 Å². The zero-order valence-corrected chi connectivity index (χ0v) is 30.3. The van der Waals surface area contributed by atoms with Crippen LogP contribution in [0.1, 0.15) is 72.5 Å². The highest BCUT2D eigenvalue weighted by Gasteiger charge is 2.32. The third-order valence-corrected chi connectivity index (χ3v) is 9.48. The van der Waals surface area contributed by atoms with Gasteiger partial charge in [0.15, 0.2) is 5.78 Å². The van der Waals surface area contributed by atoms with E-state index in [0.717, 1.165) is 22.3 Å².